The van der Waals surface area contributed by atoms with Crippen molar-refractivity contribution in [2.24, 2.45) is 0 Å². The van der Waals surface area contributed by atoms with E-state index in [1.807, 2.05) is 24.3 Å². The topological polar surface area (TPSA) is 38.8 Å². The van der Waals surface area contributed by atoms with Gasteiger partial charge >= 0.3 is 5.97 Å². The Balaban J connectivity index is 2.00. The minimum atomic E-state index is -0.142. The van der Waals surface area contributed by atoms with Gasteiger partial charge in [-0.15, -0.1) is 0 Å². The lowest BCUT2D eigenvalue weighted by atomic mass is 10.1. The minimum Gasteiger partial charge on any atom is -0.469 e. The zero-order chi connectivity index (χ0) is 17.5. The van der Waals surface area contributed by atoms with E-state index in [2.05, 4.69) is 36.0 Å². The average molecular weight is 332 g/mol. The van der Waals surface area contributed by atoms with Crippen LogP contribution in [0.15, 0.2) is 48.6 Å². The first-order valence-electron chi connectivity index (χ1n) is 9.15. The van der Waals surface area contributed by atoms with Crippen LogP contribution < -0.4 is 0 Å². The maximum Gasteiger partial charge on any atom is 0.305 e. The van der Waals surface area contributed by atoms with Crippen molar-refractivity contribution in [1.29, 1.82) is 0 Å². The van der Waals surface area contributed by atoms with Gasteiger partial charge in [-0.1, -0.05) is 68.4 Å². The lowest BCUT2D eigenvalue weighted by Gasteiger charge is -1.94. The van der Waals surface area contributed by atoms with E-state index in [0.717, 1.165) is 19.3 Å². The van der Waals surface area contributed by atoms with E-state index in [9.17, 15) is 4.79 Å². The second kappa shape index (κ2) is 13.8. The fourth-order valence-corrected chi connectivity index (χ4v) is 2.32. The highest BCUT2D eigenvalue weighted by atomic mass is 16.6. The molecule has 0 bridgehead atoms. The van der Waals surface area contributed by atoms with Crippen LogP contribution in [0.4, 0.5) is 0 Å². The van der Waals surface area contributed by atoms with Crippen LogP contribution in [-0.4, -0.2) is 25.3 Å². The van der Waals surface area contributed by atoms with Crippen LogP contribution in [0.25, 0.3) is 0 Å². The predicted octanol–water partition coefficient (Wildman–Crippen LogP) is 5.29. The summed E-state index contributed by atoms with van der Waals surface area (Å²) in [6.07, 6.45) is 25.7. The molecule has 24 heavy (non-hydrogen) atoms. The summed E-state index contributed by atoms with van der Waals surface area (Å²) < 4.78 is 10.2. The van der Waals surface area contributed by atoms with Gasteiger partial charge in [0, 0.05) is 6.42 Å². The molecule has 3 nitrogen and oxygen atoms in total. The normalized spacial score (nSPS) is 20.8. The maximum absolute atomic E-state index is 10.9. The molecule has 1 aliphatic rings. The maximum atomic E-state index is 10.9. The Bertz CT molecular complexity index is 446. The number of unbranched alkanes of at least 4 members (excludes halogenated alkanes) is 4. The molecule has 0 amide bonds. The van der Waals surface area contributed by atoms with Crippen molar-refractivity contribution in [3.63, 3.8) is 0 Å². The summed E-state index contributed by atoms with van der Waals surface area (Å²) >= 11 is 0. The van der Waals surface area contributed by atoms with Gasteiger partial charge < -0.3 is 9.47 Å². The van der Waals surface area contributed by atoms with Crippen molar-refractivity contribution in [3.8, 4) is 0 Å². The molecular formula is C21H32O3. The van der Waals surface area contributed by atoms with Crippen LogP contribution in [0.5, 0.6) is 0 Å². The van der Waals surface area contributed by atoms with E-state index < -0.39 is 0 Å². The molecule has 0 aromatic heterocycles. The summed E-state index contributed by atoms with van der Waals surface area (Å²) in [5.74, 6) is -0.142. The SMILES string of the molecule is CCCCC/C=C\C[C@H]1O[C@H]1/C=C/C=C/C=C\CCCC(=O)OC. The van der Waals surface area contributed by atoms with Crippen LogP contribution in [0.1, 0.15) is 58.3 Å². The zero-order valence-electron chi connectivity index (χ0n) is 15.2. The lowest BCUT2D eigenvalue weighted by molar-refractivity contribution is -0.140. The highest BCUT2D eigenvalue weighted by Crippen LogP contribution is 2.26. The molecule has 0 unspecified atom stereocenters. The smallest absolute Gasteiger partial charge is 0.305 e. The van der Waals surface area contributed by atoms with Gasteiger partial charge in [-0.25, -0.2) is 0 Å². The molecule has 1 aliphatic heterocycles. The monoisotopic (exact) mass is 332 g/mol. The van der Waals surface area contributed by atoms with Gasteiger partial charge in [0.15, 0.2) is 0 Å². The van der Waals surface area contributed by atoms with Gasteiger partial charge in [0.05, 0.1) is 13.2 Å². The van der Waals surface area contributed by atoms with Crippen LogP contribution >= 0.6 is 0 Å². The Labute approximate surface area is 147 Å². The number of esters is 1. The number of carbonyl (C=O) groups excluding carboxylic acids is 1. The molecule has 1 rings (SSSR count). The first-order chi connectivity index (χ1) is 11.8. The standard InChI is InChI=1S/C21H32O3/c1-3-4-5-6-10-13-16-19-20(24-19)17-14-11-8-7-9-12-15-18-21(22)23-2/h7-11,13-14,17,19-20H,3-6,12,15-16,18H2,1-2H3/b9-7-,11-8+,13-10-,17-14+/t19-,20+/m1/s1. The van der Waals surface area contributed by atoms with E-state index in [1.54, 1.807) is 0 Å². The van der Waals surface area contributed by atoms with Gasteiger partial charge in [0.1, 0.15) is 6.10 Å². The molecule has 0 N–H and O–H groups in total. The van der Waals surface area contributed by atoms with Crippen molar-refractivity contribution in [2.75, 3.05) is 7.11 Å². The Kier molecular flexibility index (Phi) is 11.7. The Morgan fingerprint density at radius 3 is 2.58 bits per heavy atom. The van der Waals surface area contributed by atoms with Crippen molar-refractivity contribution in [3.05, 3.63) is 48.6 Å². The predicted molar refractivity (Wildman–Crippen MR) is 99.8 cm³/mol. The van der Waals surface area contributed by atoms with Gasteiger partial charge in [0.2, 0.25) is 0 Å². The minimum absolute atomic E-state index is 0.142. The fraction of sp³-hybridized carbons (Fsp3) is 0.571. The number of epoxide rings is 1. The van der Waals surface area contributed by atoms with Crippen molar-refractivity contribution in [2.45, 2.75) is 70.5 Å². The summed E-state index contributed by atoms with van der Waals surface area (Å²) in [5, 5.41) is 0. The third-order valence-corrected chi connectivity index (χ3v) is 3.88. The Morgan fingerprint density at radius 2 is 1.79 bits per heavy atom. The first-order valence-corrected chi connectivity index (χ1v) is 9.15. The molecule has 0 saturated carbocycles. The fourth-order valence-electron chi connectivity index (χ4n) is 2.32. The number of hydrogen-bond donors (Lipinski definition) is 0. The van der Waals surface area contributed by atoms with Crippen molar-refractivity contribution in [1.82, 2.24) is 0 Å². The number of carbonyl (C=O) groups is 1. The second-order valence-corrected chi connectivity index (χ2v) is 6.01. The second-order valence-electron chi connectivity index (χ2n) is 6.01. The number of allylic oxidation sites excluding steroid dienone is 6. The highest BCUT2D eigenvalue weighted by Gasteiger charge is 2.34. The summed E-state index contributed by atoms with van der Waals surface area (Å²) in [6.45, 7) is 2.23. The van der Waals surface area contributed by atoms with Gasteiger partial charge in [0.25, 0.3) is 0 Å². The summed E-state index contributed by atoms with van der Waals surface area (Å²) in [5.41, 5.74) is 0. The molecule has 0 aliphatic carbocycles. The lowest BCUT2D eigenvalue weighted by Crippen LogP contribution is -1.98. The van der Waals surface area contributed by atoms with Crippen LogP contribution in [0.2, 0.25) is 0 Å². The van der Waals surface area contributed by atoms with Gasteiger partial charge in [-0.2, -0.15) is 0 Å². The van der Waals surface area contributed by atoms with Crippen molar-refractivity contribution < 1.29 is 14.3 Å². The number of ether oxygens (including phenoxy) is 2. The molecule has 0 aromatic carbocycles. The first kappa shape index (κ1) is 20.4. The van der Waals surface area contributed by atoms with Crippen LogP contribution in [0.3, 0.4) is 0 Å². The number of methoxy groups -OCH3 is 1. The van der Waals surface area contributed by atoms with E-state index in [-0.39, 0.29) is 12.1 Å². The van der Waals surface area contributed by atoms with E-state index in [0.29, 0.717) is 12.5 Å². The number of rotatable bonds is 13. The zero-order valence-corrected chi connectivity index (χ0v) is 15.2. The third-order valence-electron chi connectivity index (χ3n) is 3.88. The Morgan fingerprint density at radius 1 is 1.00 bits per heavy atom. The third kappa shape index (κ3) is 11.0. The molecule has 2 atom stereocenters. The average Bonchev–Trinajstić information content (AvgIpc) is 3.34. The van der Waals surface area contributed by atoms with E-state index in [1.165, 1.54) is 32.8 Å². The Hall–Kier alpha value is -1.61. The molecule has 0 aromatic rings. The molecule has 3 heteroatoms. The van der Waals surface area contributed by atoms with E-state index in [4.69, 9.17) is 4.74 Å². The number of hydrogen-bond acceptors (Lipinski definition) is 3. The summed E-state index contributed by atoms with van der Waals surface area (Å²) in [6, 6.07) is 0. The van der Waals surface area contributed by atoms with Gasteiger partial charge in [-0.3, -0.25) is 4.79 Å². The molecule has 1 fully saturated rings. The molecule has 134 valence electrons. The summed E-state index contributed by atoms with van der Waals surface area (Å²) in [4.78, 5) is 10.9. The quantitative estimate of drug-likeness (QED) is 0.151. The molecule has 1 heterocycles. The highest BCUT2D eigenvalue weighted by molar-refractivity contribution is 5.69. The molecule has 0 spiro atoms. The van der Waals surface area contributed by atoms with Gasteiger partial charge in [-0.05, 0) is 32.1 Å². The van der Waals surface area contributed by atoms with E-state index >= 15 is 0 Å². The molecule has 0 radical (unpaired) electrons. The van der Waals surface area contributed by atoms with Crippen LogP contribution in [-0.2, 0) is 14.3 Å². The molecular weight excluding hydrogens is 300 g/mol. The summed E-state index contributed by atoms with van der Waals surface area (Å²) in [7, 11) is 1.42. The van der Waals surface area contributed by atoms with Crippen LogP contribution in [0, 0.1) is 0 Å². The molecule has 1 saturated heterocycles. The van der Waals surface area contributed by atoms with Crippen molar-refractivity contribution >= 4 is 5.97 Å². The largest absolute Gasteiger partial charge is 0.469 e.